The number of likely N-dealkylation sites (tertiary alicyclic amines) is 1. The smallest absolute Gasteiger partial charge is 0.320 e. The summed E-state index contributed by atoms with van der Waals surface area (Å²) < 4.78 is 17.1. The number of urea groups is 1. The zero-order valence-electron chi connectivity index (χ0n) is 22.3. The summed E-state index contributed by atoms with van der Waals surface area (Å²) in [4.78, 5) is 22.7. The highest BCUT2D eigenvalue weighted by molar-refractivity contribution is 5.75. The second-order valence-electron chi connectivity index (χ2n) is 11.0. The normalized spacial score (nSPS) is 15.9. The van der Waals surface area contributed by atoms with Gasteiger partial charge in [-0.2, -0.15) is 0 Å². The van der Waals surface area contributed by atoms with Crippen molar-refractivity contribution in [2.45, 2.75) is 58.8 Å². The molecule has 2 heterocycles. The van der Waals surface area contributed by atoms with Gasteiger partial charge < -0.3 is 20.1 Å². The predicted molar refractivity (Wildman–Crippen MR) is 147 cm³/mol. The fraction of sp³-hybridized carbons (Fsp3) is 0.467. The number of aromatic nitrogens is 2. The largest absolute Gasteiger partial charge is 0.328 e. The topological polar surface area (TPSA) is 67.4 Å². The first-order valence-electron chi connectivity index (χ1n) is 13.3. The minimum Gasteiger partial charge on any atom is -0.328 e. The summed E-state index contributed by atoms with van der Waals surface area (Å²) in [6.45, 7) is 8.07. The van der Waals surface area contributed by atoms with E-state index < -0.39 is 17.6 Å². The molecule has 2 atom stereocenters. The maximum atomic E-state index is 14.9. The summed E-state index contributed by atoms with van der Waals surface area (Å²) in [5.74, 6) is 0.754. The molecule has 1 aliphatic rings. The summed E-state index contributed by atoms with van der Waals surface area (Å²) in [6.07, 6.45) is 3.79. The first kappa shape index (κ1) is 26.9. The van der Waals surface area contributed by atoms with Crippen LogP contribution in [-0.2, 0) is 6.54 Å². The number of amides is 2. The predicted octanol–water partition coefficient (Wildman–Crippen LogP) is 5.89. The Morgan fingerprint density at radius 2 is 1.65 bits per heavy atom. The Hall–Kier alpha value is -3.19. The van der Waals surface area contributed by atoms with Crippen molar-refractivity contribution >= 4 is 6.03 Å². The molecule has 37 heavy (non-hydrogen) atoms. The molecule has 0 spiro atoms. The van der Waals surface area contributed by atoms with Gasteiger partial charge in [0.05, 0.1) is 18.3 Å². The van der Waals surface area contributed by atoms with Crippen LogP contribution in [0.1, 0.15) is 57.5 Å². The standard InChI is InChI=1S/C30H40FN5O/c1-30(2,3)27(36(21-25(31)19-32)29(37)34-17-11-6-12-18-34)28-33-26(24-15-9-5-10-16-24)22-35(28)20-23-13-7-4-8-14-23/h4-5,7-10,13-16,22,25,27H,6,11-12,17-21,32H2,1-3H3/t25?,27-/m0/s1. The maximum absolute atomic E-state index is 14.9. The zero-order chi connectivity index (χ0) is 26.4. The molecule has 2 amide bonds. The third kappa shape index (κ3) is 6.58. The van der Waals surface area contributed by atoms with Crippen LogP contribution in [-0.4, -0.2) is 57.7 Å². The quantitative estimate of drug-likeness (QED) is 0.415. The van der Waals surface area contributed by atoms with Crippen LogP contribution in [0, 0.1) is 5.41 Å². The SMILES string of the molecule is CC(C)(C)[C@H](c1nc(-c2ccccc2)cn1Cc1ccccc1)N(CC(F)CN)C(=O)N1CCCCC1. The van der Waals surface area contributed by atoms with E-state index in [1.54, 1.807) is 4.90 Å². The molecule has 4 rings (SSSR count). The van der Waals surface area contributed by atoms with E-state index in [1.165, 1.54) is 0 Å². The molecule has 1 aromatic heterocycles. The van der Waals surface area contributed by atoms with Gasteiger partial charge in [-0.1, -0.05) is 81.4 Å². The molecule has 1 fully saturated rings. The fourth-order valence-electron chi connectivity index (χ4n) is 5.15. The minimum absolute atomic E-state index is 0.0629. The molecule has 1 saturated heterocycles. The average molecular weight is 506 g/mol. The summed E-state index contributed by atoms with van der Waals surface area (Å²) in [5.41, 5.74) is 8.27. The first-order valence-corrected chi connectivity index (χ1v) is 13.3. The number of carbonyl (C=O) groups excluding carboxylic acids is 1. The number of hydrogen-bond donors (Lipinski definition) is 1. The number of halogens is 1. The Morgan fingerprint density at radius 1 is 1.03 bits per heavy atom. The van der Waals surface area contributed by atoms with Crippen molar-refractivity contribution in [1.29, 1.82) is 0 Å². The van der Waals surface area contributed by atoms with E-state index in [0.29, 0.717) is 19.6 Å². The van der Waals surface area contributed by atoms with E-state index >= 15 is 0 Å². The van der Waals surface area contributed by atoms with Gasteiger partial charge in [-0.3, -0.25) is 0 Å². The number of benzene rings is 2. The highest BCUT2D eigenvalue weighted by Crippen LogP contribution is 2.40. The highest BCUT2D eigenvalue weighted by atomic mass is 19.1. The Labute approximate surface area is 220 Å². The molecule has 0 aliphatic carbocycles. The number of nitrogens with zero attached hydrogens (tertiary/aromatic N) is 4. The van der Waals surface area contributed by atoms with Gasteiger partial charge in [-0.05, 0) is 30.2 Å². The molecule has 0 saturated carbocycles. The van der Waals surface area contributed by atoms with Crippen LogP contribution in [0.2, 0.25) is 0 Å². The van der Waals surface area contributed by atoms with Gasteiger partial charge in [0, 0.05) is 37.9 Å². The molecule has 0 radical (unpaired) electrons. The van der Waals surface area contributed by atoms with Crippen LogP contribution >= 0.6 is 0 Å². The molecule has 6 nitrogen and oxygen atoms in total. The Bertz CT molecular complexity index is 1140. The number of nitrogens with two attached hydrogens (primary N) is 1. The van der Waals surface area contributed by atoms with Crippen molar-refractivity contribution in [3.8, 4) is 11.3 Å². The molecular weight excluding hydrogens is 465 g/mol. The van der Waals surface area contributed by atoms with E-state index in [2.05, 4.69) is 43.7 Å². The van der Waals surface area contributed by atoms with Crippen molar-refractivity contribution in [3.63, 3.8) is 0 Å². The van der Waals surface area contributed by atoms with E-state index in [1.807, 2.05) is 53.4 Å². The van der Waals surface area contributed by atoms with Crippen LogP contribution in [0.15, 0.2) is 66.9 Å². The van der Waals surface area contributed by atoms with Gasteiger partial charge in [0.15, 0.2) is 0 Å². The van der Waals surface area contributed by atoms with Crippen molar-refractivity contribution in [3.05, 3.63) is 78.2 Å². The average Bonchev–Trinajstić information content (AvgIpc) is 3.31. The Morgan fingerprint density at radius 3 is 2.24 bits per heavy atom. The lowest BCUT2D eigenvalue weighted by molar-refractivity contribution is 0.0642. The second-order valence-corrected chi connectivity index (χ2v) is 11.0. The molecular formula is C30H40FN5O. The summed E-state index contributed by atoms with van der Waals surface area (Å²) >= 11 is 0. The monoisotopic (exact) mass is 505 g/mol. The lowest BCUT2D eigenvalue weighted by atomic mass is 9.84. The van der Waals surface area contributed by atoms with Crippen LogP contribution in [0.5, 0.6) is 0 Å². The third-order valence-corrected chi connectivity index (χ3v) is 6.97. The molecule has 198 valence electrons. The molecule has 2 N–H and O–H groups in total. The number of alkyl halides is 1. The minimum atomic E-state index is -1.32. The van der Waals surface area contributed by atoms with E-state index in [-0.39, 0.29) is 19.1 Å². The molecule has 0 bridgehead atoms. The van der Waals surface area contributed by atoms with Crippen LogP contribution in [0.4, 0.5) is 9.18 Å². The van der Waals surface area contributed by atoms with Crippen molar-refractivity contribution in [1.82, 2.24) is 19.4 Å². The number of imidazole rings is 1. The summed E-state index contributed by atoms with van der Waals surface area (Å²) in [7, 11) is 0. The highest BCUT2D eigenvalue weighted by Gasteiger charge is 2.41. The van der Waals surface area contributed by atoms with Crippen molar-refractivity contribution < 1.29 is 9.18 Å². The zero-order valence-corrected chi connectivity index (χ0v) is 22.3. The third-order valence-electron chi connectivity index (χ3n) is 6.97. The number of piperidine rings is 1. The van der Waals surface area contributed by atoms with Crippen molar-refractivity contribution in [2.75, 3.05) is 26.2 Å². The van der Waals surface area contributed by atoms with Crippen LogP contribution < -0.4 is 5.73 Å². The molecule has 7 heteroatoms. The molecule has 1 unspecified atom stereocenters. The lowest BCUT2D eigenvalue weighted by Crippen LogP contribution is -2.52. The summed E-state index contributed by atoms with van der Waals surface area (Å²) in [6, 6.07) is 19.7. The van der Waals surface area contributed by atoms with Crippen LogP contribution in [0.3, 0.4) is 0 Å². The van der Waals surface area contributed by atoms with Gasteiger partial charge in [0.25, 0.3) is 0 Å². The van der Waals surface area contributed by atoms with Gasteiger partial charge in [0.2, 0.25) is 0 Å². The van der Waals surface area contributed by atoms with Gasteiger partial charge in [-0.25, -0.2) is 14.2 Å². The first-order chi connectivity index (χ1) is 17.8. The molecule has 3 aromatic rings. The Balaban J connectivity index is 1.83. The van der Waals surface area contributed by atoms with E-state index in [4.69, 9.17) is 10.7 Å². The number of carbonyl (C=O) groups is 1. The maximum Gasteiger partial charge on any atom is 0.320 e. The van der Waals surface area contributed by atoms with Gasteiger partial charge in [-0.15, -0.1) is 0 Å². The molecule has 2 aromatic carbocycles. The van der Waals surface area contributed by atoms with Crippen LogP contribution in [0.25, 0.3) is 11.3 Å². The van der Waals surface area contributed by atoms with E-state index in [0.717, 1.165) is 41.9 Å². The molecule has 1 aliphatic heterocycles. The van der Waals surface area contributed by atoms with Crippen molar-refractivity contribution in [2.24, 2.45) is 11.1 Å². The number of hydrogen-bond acceptors (Lipinski definition) is 3. The van der Waals surface area contributed by atoms with E-state index in [9.17, 15) is 9.18 Å². The second kappa shape index (κ2) is 11.9. The Kier molecular flexibility index (Phi) is 8.64. The number of rotatable bonds is 8. The summed E-state index contributed by atoms with van der Waals surface area (Å²) in [5, 5.41) is 0. The van der Waals surface area contributed by atoms with Gasteiger partial charge >= 0.3 is 6.03 Å². The van der Waals surface area contributed by atoms with Gasteiger partial charge in [0.1, 0.15) is 12.0 Å². The fourth-order valence-corrected chi connectivity index (χ4v) is 5.15. The lowest BCUT2D eigenvalue weighted by Gasteiger charge is -2.43.